The Morgan fingerprint density at radius 3 is 3.09 bits per heavy atom. The normalized spacial score (nSPS) is 11.1. The largest absolute Gasteiger partial charge is 0.398 e. The molecule has 0 aromatic carbocycles. The first-order valence-corrected chi connectivity index (χ1v) is 3.08. The molecule has 11 heavy (non-hydrogen) atoms. The summed E-state index contributed by atoms with van der Waals surface area (Å²) in [5.41, 5.74) is 6.72. The lowest BCUT2D eigenvalue weighted by Crippen LogP contribution is -1.93. The highest BCUT2D eigenvalue weighted by Gasteiger charge is 1.97. The van der Waals surface area contributed by atoms with Crippen LogP contribution >= 0.6 is 0 Å². The van der Waals surface area contributed by atoms with E-state index in [2.05, 4.69) is 5.10 Å². The number of aromatic nitrogens is 2. The van der Waals surface area contributed by atoms with E-state index in [1.165, 1.54) is 6.08 Å². The fourth-order valence-electron chi connectivity index (χ4n) is 0.723. The molecular weight excluding hydrogens is 140 g/mol. The van der Waals surface area contributed by atoms with Gasteiger partial charge >= 0.3 is 0 Å². The summed E-state index contributed by atoms with van der Waals surface area (Å²) >= 11 is 0. The van der Waals surface area contributed by atoms with Gasteiger partial charge in [-0.05, 0) is 0 Å². The molecule has 4 heteroatoms. The molecule has 0 bridgehead atoms. The number of nitrogens with two attached hydrogens (primary N) is 1. The van der Waals surface area contributed by atoms with E-state index < -0.39 is 0 Å². The van der Waals surface area contributed by atoms with Gasteiger partial charge in [0.05, 0.1) is 18.0 Å². The number of rotatable bonds is 1. The number of nitriles is 1. The van der Waals surface area contributed by atoms with Crippen LogP contribution in [0, 0.1) is 11.3 Å². The fraction of sp³-hybridized carbons (Fsp3) is 0.143. The summed E-state index contributed by atoms with van der Waals surface area (Å²) < 4.78 is 1.63. The summed E-state index contributed by atoms with van der Waals surface area (Å²) in [5, 5.41) is 12.2. The smallest absolute Gasteiger partial charge is 0.0933 e. The van der Waals surface area contributed by atoms with Crippen molar-refractivity contribution in [1.29, 1.82) is 5.26 Å². The molecule has 2 N–H and O–H groups in total. The fourth-order valence-corrected chi connectivity index (χ4v) is 0.723. The van der Waals surface area contributed by atoms with Crippen molar-refractivity contribution >= 4 is 5.70 Å². The molecule has 56 valence electrons. The molecule has 1 aromatic heterocycles. The minimum absolute atomic E-state index is 0.445. The topological polar surface area (TPSA) is 67.6 Å². The molecule has 0 amide bonds. The van der Waals surface area contributed by atoms with Crippen molar-refractivity contribution in [1.82, 2.24) is 9.78 Å². The van der Waals surface area contributed by atoms with Crippen molar-refractivity contribution in [3.63, 3.8) is 0 Å². The van der Waals surface area contributed by atoms with Gasteiger partial charge in [-0.3, -0.25) is 4.68 Å². The van der Waals surface area contributed by atoms with Gasteiger partial charge in [-0.2, -0.15) is 10.4 Å². The first-order chi connectivity index (χ1) is 5.24. The minimum Gasteiger partial charge on any atom is -0.398 e. The van der Waals surface area contributed by atoms with Crippen molar-refractivity contribution in [2.45, 2.75) is 0 Å². The van der Waals surface area contributed by atoms with Crippen LogP contribution in [0.25, 0.3) is 5.70 Å². The van der Waals surface area contributed by atoms with Crippen molar-refractivity contribution in [2.24, 2.45) is 12.8 Å². The Morgan fingerprint density at radius 2 is 2.64 bits per heavy atom. The Hall–Kier alpha value is -1.76. The monoisotopic (exact) mass is 148 g/mol. The van der Waals surface area contributed by atoms with Crippen molar-refractivity contribution in [2.75, 3.05) is 0 Å². The first-order valence-electron chi connectivity index (χ1n) is 3.08. The van der Waals surface area contributed by atoms with Gasteiger partial charge in [0.25, 0.3) is 0 Å². The minimum atomic E-state index is 0.445. The third-order valence-corrected chi connectivity index (χ3v) is 1.26. The second kappa shape index (κ2) is 2.88. The Labute approximate surface area is 64.5 Å². The van der Waals surface area contributed by atoms with E-state index in [-0.39, 0.29) is 0 Å². The molecule has 1 aromatic rings. The summed E-state index contributed by atoms with van der Waals surface area (Å²) in [6, 6.07) is 1.85. The maximum absolute atomic E-state index is 8.27. The van der Waals surface area contributed by atoms with Crippen LogP contribution in [0.4, 0.5) is 0 Å². The van der Waals surface area contributed by atoms with Gasteiger partial charge in [0.2, 0.25) is 0 Å². The highest BCUT2D eigenvalue weighted by atomic mass is 15.2. The van der Waals surface area contributed by atoms with Crippen LogP contribution in [0.15, 0.2) is 18.5 Å². The van der Waals surface area contributed by atoms with E-state index in [1.807, 2.05) is 6.07 Å². The Bertz CT molecular complexity index is 315. The van der Waals surface area contributed by atoms with Gasteiger partial charge in [0.15, 0.2) is 0 Å². The van der Waals surface area contributed by atoms with Gasteiger partial charge < -0.3 is 5.73 Å². The summed E-state index contributed by atoms with van der Waals surface area (Å²) in [6.45, 7) is 0. The predicted octanol–water partition coefficient (Wildman–Crippen LogP) is 0.243. The van der Waals surface area contributed by atoms with E-state index >= 15 is 0 Å². The van der Waals surface area contributed by atoms with Crippen LogP contribution in [0.1, 0.15) is 5.56 Å². The zero-order chi connectivity index (χ0) is 8.27. The number of aryl methyl sites for hydroxylation is 1. The lowest BCUT2D eigenvalue weighted by molar-refractivity contribution is 0.767. The van der Waals surface area contributed by atoms with Crippen LogP contribution in [-0.2, 0) is 7.05 Å². The molecule has 0 saturated heterocycles. The van der Waals surface area contributed by atoms with Crippen LogP contribution in [-0.4, -0.2) is 9.78 Å². The highest BCUT2D eigenvalue weighted by molar-refractivity contribution is 5.63. The molecule has 0 radical (unpaired) electrons. The third kappa shape index (κ3) is 1.58. The molecule has 0 aliphatic carbocycles. The van der Waals surface area contributed by atoms with Crippen LogP contribution < -0.4 is 5.73 Å². The molecule has 1 rings (SSSR count). The standard InChI is InChI=1S/C7H8N4/c1-11-5-6(4-10-11)7(9)2-3-8/h2,4-5H,9H2,1H3/b7-2+. The van der Waals surface area contributed by atoms with E-state index in [1.54, 1.807) is 24.1 Å². The summed E-state index contributed by atoms with van der Waals surface area (Å²) in [5.74, 6) is 0. The van der Waals surface area contributed by atoms with Crippen molar-refractivity contribution in [3.05, 3.63) is 24.0 Å². The molecule has 0 fully saturated rings. The number of hydrogen-bond acceptors (Lipinski definition) is 3. The number of nitrogens with zero attached hydrogens (tertiary/aromatic N) is 3. The lowest BCUT2D eigenvalue weighted by atomic mass is 10.2. The van der Waals surface area contributed by atoms with Crippen molar-refractivity contribution < 1.29 is 0 Å². The zero-order valence-electron chi connectivity index (χ0n) is 6.15. The average molecular weight is 148 g/mol. The third-order valence-electron chi connectivity index (χ3n) is 1.26. The molecule has 0 unspecified atom stereocenters. The Kier molecular flexibility index (Phi) is 1.93. The van der Waals surface area contributed by atoms with Gasteiger partial charge in [-0.1, -0.05) is 0 Å². The van der Waals surface area contributed by atoms with Gasteiger partial charge in [0, 0.05) is 24.9 Å². The molecule has 0 aliphatic heterocycles. The molecule has 4 nitrogen and oxygen atoms in total. The summed E-state index contributed by atoms with van der Waals surface area (Å²) in [7, 11) is 1.79. The molecule has 0 saturated carbocycles. The molecule has 1 heterocycles. The lowest BCUT2D eigenvalue weighted by Gasteiger charge is -1.90. The molecule has 0 spiro atoms. The Morgan fingerprint density at radius 1 is 1.91 bits per heavy atom. The van der Waals surface area contributed by atoms with Crippen LogP contribution in [0.3, 0.4) is 0 Å². The molecule has 0 atom stereocenters. The van der Waals surface area contributed by atoms with E-state index in [0.717, 1.165) is 5.56 Å². The second-order valence-electron chi connectivity index (χ2n) is 2.13. The van der Waals surface area contributed by atoms with E-state index in [9.17, 15) is 0 Å². The van der Waals surface area contributed by atoms with E-state index in [4.69, 9.17) is 11.0 Å². The molecule has 0 aliphatic rings. The molecular formula is C7H8N4. The Balaban J connectivity index is 2.95. The van der Waals surface area contributed by atoms with Crippen LogP contribution in [0.5, 0.6) is 0 Å². The summed E-state index contributed by atoms with van der Waals surface area (Å²) in [6.07, 6.45) is 4.66. The zero-order valence-corrected chi connectivity index (χ0v) is 6.15. The second-order valence-corrected chi connectivity index (χ2v) is 2.13. The van der Waals surface area contributed by atoms with Crippen molar-refractivity contribution in [3.8, 4) is 6.07 Å². The van der Waals surface area contributed by atoms with Gasteiger partial charge in [-0.15, -0.1) is 0 Å². The van der Waals surface area contributed by atoms with Gasteiger partial charge in [0.1, 0.15) is 0 Å². The summed E-state index contributed by atoms with van der Waals surface area (Å²) in [4.78, 5) is 0. The maximum Gasteiger partial charge on any atom is 0.0933 e. The highest BCUT2D eigenvalue weighted by Crippen LogP contribution is 2.04. The average Bonchev–Trinajstić information content (AvgIpc) is 2.36. The first kappa shape index (κ1) is 7.35. The van der Waals surface area contributed by atoms with Crippen LogP contribution in [0.2, 0.25) is 0 Å². The maximum atomic E-state index is 8.27. The van der Waals surface area contributed by atoms with Gasteiger partial charge in [-0.25, -0.2) is 0 Å². The van der Waals surface area contributed by atoms with E-state index in [0.29, 0.717) is 5.70 Å². The quantitative estimate of drug-likeness (QED) is 0.580. The predicted molar refractivity (Wildman–Crippen MR) is 41.0 cm³/mol. The number of hydrogen-bond donors (Lipinski definition) is 1. The SMILES string of the molecule is Cn1cc(/C(N)=C\C#N)cn1. The number of allylic oxidation sites excluding steroid dienone is 1.